The van der Waals surface area contributed by atoms with Gasteiger partial charge in [0, 0.05) is 18.8 Å². The quantitative estimate of drug-likeness (QED) is 0.850. The number of likely N-dealkylation sites (tertiary alicyclic amines) is 1. The Kier molecular flexibility index (Phi) is 4.94. The highest BCUT2D eigenvalue weighted by Gasteiger charge is 2.29. The fourth-order valence-corrected chi connectivity index (χ4v) is 2.47. The van der Waals surface area contributed by atoms with Crippen LogP contribution in [0.25, 0.3) is 0 Å². The predicted molar refractivity (Wildman–Crippen MR) is 80.7 cm³/mol. The molecule has 1 amide bonds. The highest BCUT2D eigenvalue weighted by molar-refractivity contribution is 5.95. The van der Waals surface area contributed by atoms with E-state index in [1.165, 1.54) is 4.90 Å². The number of benzene rings is 1. The highest BCUT2D eigenvalue weighted by Crippen LogP contribution is 2.21. The molecule has 21 heavy (non-hydrogen) atoms. The van der Waals surface area contributed by atoms with Crippen LogP contribution in [0.15, 0.2) is 30.3 Å². The number of nitriles is 1. The van der Waals surface area contributed by atoms with Gasteiger partial charge in [-0.3, -0.25) is 14.6 Å². The first-order valence-corrected chi connectivity index (χ1v) is 7.19. The molecule has 1 saturated heterocycles. The molecule has 1 heterocycles. The third-order valence-corrected chi connectivity index (χ3v) is 3.89. The zero-order valence-electron chi connectivity index (χ0n) is 12.3. The summed E-state index contributed by atoms with van der Waals surface area (Å²) in [6.45, 7) is 3.57. The van der Waals surface area contributed by atoms with Crippen LogP contribution in [-0.2, 0) is 4.79 Å². The number of rotatable bonds is 4. The van der Waals surface area contributed by atoms with Gasteiger partial charge >= 0.3 is 0 Å². The maximum atomic E-state index is 12.4. The first-order valence-electron chi connectivity index (χ1n) is 7.19. The molecule has 1 fully saturated rings. The smallest absolute Gasteiger partial charge is 0.242 e. The van der Waals surface area contributed by atoms with Crippen molar-refractivity contribution in [3.63, 3.8) is 0 Å². The zero-order chi connectivity index (χ0) is 15.3. The number of carbonyl (C=O) groups excluding carboxylic acids is 1. The number of amides is 1. The van der Waals surface area contributed by atoms with Gasteiger partial charge in [0.15, 0.2) is 0 Å². The summed E-state index contributed by atoms with van der Waals surface area (Å²) < 4.78 is 0. The molecular formula is C16H21N3O2. The Morgan fingerprint density at radius 3 is 2.57 bits per heavy atom. The molecule has 0 radical (unpaired) electrons. The molecule has 0 aliphatic carbocycles. The summed E-state index contributed by atoms with van der Waals surface area (Å²) in [5.74, 6) is -0.0794. The van der Waals surface area contributed by atoms with Gasteiger partial charge in [-0.2, -0.15) is 5.26 Å². The maximum Gasteiger partial charge on any atom is 0.242 e. The Morgan fingerprint density at radius 2 is 2.00 bits per heavy atom. The molecule has 0 aromatic heterocycles. The van der Waals surface area contributed by atoms with Gasteiger partial charge in [0.2, 0.25) is 5.91 Å². The third-order valence-electron chi connectivity index (χ3n) is 3.89. The van der Waals surface area contributed by atoms with Crippen molar-refractivity contribution < 1.29 is 9.90 Å². The Labute approximate surface area is 125 Å². The van der Waals surface area contributed by atoms with Gasteiger partial charge in [-0.1, -0.05) is 18.2 Å². The van der Waals surface area contributed by atoms with Crippen LogP contribution < -0.4 is 4.90 Å². The molecule has 1 aromatic rings. The minimum absolute atomic E-state index is 0.0500. The second kappa shape index (κ2) is 6.70. The average molecular weight is 287 g/mol. The normalized spacial score (nSPS) is 18.0. The molecule has 1 aromatic carbocycles. The summed E-state index contributed by atoms with van der Waals surface area (Å²) in [6, 6.07) is 11.3. The molecule has 1 aliphatic heterocycles. The lowest BCUT2D eigenvalue weighted by Gasteiger charge is -2.36. The van der Waals surface area contributed by atoms with Crippen LogP contribution in [0.5, 0.6) is 0 Å². The van der Waals surface area contributed by atoms with E-state index in [1.807, 2.05) is 48.2 Å². The van der Waals surface area contributed by atoms with Crippen LogP contribution in [0.4, 0.5) is 5.69 Å². The Morgan fingerprint density at radius 1 is 1.38 bits per heavy atom. The first kappa shape index (κ1) is 15.5. The maximum absolute atomic E-state index is 12.4. The standard InChI is InChI=1S/C16H21N3O2/c1-16(21)7-10-18(11-8-16)13-15(20)19(12-9-17)14-5-3-2-4-6-14/h2-6,21H,7-8,10-13H2,1H3. The molecule has 0 unspecified atom stereocenters. The molecule has 2 rings (SSSR count). The summed E-state index contributed by atoms with van der Waals surface area (Å²) in [5, 5.41) is 18.9. The van der Waals surface area contributed by atoms with E-state index in [1.54, 1.807) is 0 Å². The lowest BCUT2D eigenvalue weighted by molar-refractivity contribution is -0.120. The monoisotopic (exact) mass is 287 g/mol. The molecule has 5 nitrogen and oxygen atoms in total. The Hall–Kier alpha value is -1.90. The number of para-hydroxylation sites is 1. The molecule has 1 aliphatic rings. The Bertz CT molecular complexity index is 512. The van der Waals surface area contributed by atoms with Crippen molar-refractivity contribution in [2.75, 3.05) is 31.1 Å². The number of carbonyl (C=O) groups is 1. The summed E-state index contributed by atoms with van der Waals surface area (Å²) in [4.78, 5) is 16.0. The molecule has 0 atom stereocenters. The summed E-state index contributed by atoms with van der Waals surface area (Å²) in [7, 11) is 0. The molecule has 112 valence electrons. The van der Waals surface area contributed by atoms with Gasteiger partial charge in [-0.25, -0.2) is 0 Å². The van der Waals surface area contributed by atoms with Crippen molar-refractivity contribution in [2.24, 2.45) is 0 Å². The minimum atomic E-state index is -0.620. The van der Waals surface area contributed by atoms with Crippen LogP contribution in [0.1, 0.15) is 19.8 Å². The van der Waals surface area contributed by atoms with E-state index in [4.69, 9.17) is 5.26 Å². The lowest BCUT2D eigenvalue weighted by Crippen LogP contribution is -2.47. The van der Waals surface area contributed by atoms with Crippen LogP contribution >= 0.6 is 0 Å². The third kappa shape index (κ3) is 4.28. The average Bonchev–Trinajstić information content (AvgIpc) is 2.48. The van der Waals surface area contributed by atoms with Crippen molar-refractivity contribution in [1.29, 1.82) is 5.26 Å². The summed E-state index contributed by atoms with van der Waals surface area (Å²) >= 11 is 0. The van der Waals surface area contributed by atoms with E-state index in [-0.39, 0.29) is 19.0 Å². The van der Waals surface area contributed by atoms with Crippen LogP contribution in [-0.4, -0.2) is 47.7 Å². The largest absolute Gasteiger partial charge is 0.390 e. The first-order chi connectivity index (χ1) is 10.0. The number of anilines is 1. The second-order valence-corrected chi connectivity index (χ2v) is 5.75. The summed E-state index contributed by atoms with van der Waals surface area (Å²) in [6.07, 6.45) is 1.34. The van der Waals surface area contributed by atoms with E-state index < -0.39 is 5.60 Å². The van der Waals surface area contributed by atoms with Crippen LogP contribution in [0.3, 0.4) is 0 Å². The van der Waals surface area contributed by atoms with Gasteiger partial charge in [0.25, 0.3) is 0 Å². The van der Waals surface area contributed by atoms with Gasteiger partial charge in [0.05, 0.1) is 18.2 Å². The molecule has 0 saturated carbocycles. The number of nitrogens with zero attached hydrogens (tertiary/aromatic N) is 3. The van der Waals surface area contributed by atoms with Crippen LogP contribution in [0.2, 0.25) is 0 Å². The zero-order valence-corrected chi connectivity index (χ0v) is 12.3. The van der Waals surface area contributed by atoms with Crippen molar-refractivity contribution in [1.82, 2.24) is 4.90 Å². The van der Waals surface area contributed by atoms with Crippen molar-refractivity contribution in [3.05, 3.63) is 30.3 Å². The van der Waals surface area contributed by atoms with Crippen LogP contribution in [0, 0.1) is 11.3 Å². The lowest BCUT2D eigenvalue weighted by atomic mass is 9.94. The van der Waals surface area contributed by atoms with Crippen molar-refractivity contribution in [2.45, 2.75) is 25.4 Å². The minimum Gasteiger partial charge on any atom is -0.390 e. The van der Waals surface area contributed by atoms with Crippen molar-refractivity contribution >= 4 is 11.6 Å². The molecule has 1 N–H and O–H groups in total. The van der Waals surface area contributed by atoms with Gasteiger partial charge in [0.1, 0.15) is 6.54 Å². The SMILES string of the molecule is CC1(O)CCN(CC(=O)N(CC#N)c2ccccc2)CC1. The van der Waals surface area contributed by atoms with E-state index in [0.717, 1.165) is 5.69 Å². The fourth-order valence-electron chi connectivity index (χ4n) is 2.47. The number of hydrogen-bond donors (Lipinski definition) is 1. The van der Waals surface area contributed by atoms with Crippen molar-refractivity contribution in [3.8, 4) is 6.07 Å². The fraction of sp³-hybridized carbons (Fsp3) is 0.500. The molecule has 0 bridgehead atoms. The highest BCUT2D eigenvalue weighted by atomic mass is 16.3. The predicted octanol–water partition coefficient (Wildman–Crippen LogP) is 1.39. The summed E-state index contributed by atoms with van der Waals surface area (Å²) in [5.41, 5.74) is 0.124. The van der Waals surface area contributed by atoms with E-state index in [0.29, 0.717) is 25.9 Å². The number of piperidine rings is 1. The van der Waals surface area contributed by atoms with Gasteiger partial charge in [-0.15, -0.1) is 0 Å². The topological polar surface area (TPSA) is 67.6 Å². The molecular weight excluding hydrogens is 266 g/mol. The Balaban J connectivity index is 1.99. The van der Waals surface area contributed by atoms with E-state index >= 15 is 0 Å². The molecule has 0 spiro atoms. The number of hydrogen-bond acceptors (Lipinski definition) is 4. The van der Waals surface area contributed by atoms with Gasteiger partial charge in [-0.05, 0) is 31.9 Å². The van der Waals surface area contributed by atoms with Gasteiger partial charge < -0.3 is 5.11 Å². The second-order valence-electron chi connectivity index (χ2n) is 5.75. The van der Waals surface area contributed by atoms with E-state index in [2.05, 4.69) is 0 Å². The van der Waals surface area contributed by atoms with E-state index in [9.17, 15) is 9.90 Å². The molecule has 5 heteroatoms. The number of aliphatic hydroxyl groups is 1.